The summed E-state index contributed by atoms with van der Waals surface area (Å²) in [6.45, 7) is 6.13. The van der Waals surface area contributed by atoms with E-state index in [-0.39, 0.29) is 24.4 Å². The Morgan fingerprint density at radius 2 is 1.71 bits per heavy atom. The smallest absolute Gasteiger partial charge is 0.247 e. The minimum atomic E-state index is -0.215. The lowest BCUT2D eigenvalue weighted by Gasteiger charge is -2.19. The number of nitrogens with one attached hydrogen (secondary N) is 1. The van der Waals surface area contributed by atoms with Crippen molar-refractivity contribution in [3.05, 3.63) is 78.5 Å². The van der Waals surface area contributed by atoms with E-state index in [9.17, 15) is 9.59 Å². The van der Waals surface area contributed by atoms with Crippen LogP contribution in [0, 0.1) is 0 Å². The minimum Gasteiger partial charge on any atom is -0.352 e. The number of hydrogen-bond acceptors (Lipinski definition) is 3. The highest BCUT2D eigenvalue weighted by atomic mass is 16.2. The molecule has 0 aliphatic heterocycles. The van der Waals surface area contributed by atoms with Crippen molar-refractivity contribution in [2.24, 2.45) is 0 Å². The molecule has 0 spiro atoms. The molecular weight excluding hydrogens is 388 g/mol. The van der Waals surface area contributed by atoms with Gasteiger partial charge in [-0.15, -0.1) is 0 Å². The summed E-state index contributed by atoms with van der Waals surface area (Å²) in [5.41, 5.74) is 3.51. The van der Waals surface area contributed by atoms with Crippen molar-refractivity contribution in [3.63, 3.8) is 0 Å². The maximum Gasteiger partial charge on any atom is 0.247 e. The Balaban J connectivity index is 1.87. The van der Waals surface area contributed by atoms with Gasteiger partial charge in [-0.2, -0.15) is 5.10 Å². The number of aromatic nitrogens is 2. The van der Waals surface area contributed by atoms with Crippen LogP contribution in [0.25, 0.3) is 23.0 Å². The molecule has 0 bridgehead atoms. The molecule has 0 unspecified atom stereocenters. The Bertz CT molecular complexity index is 1040. The molecule has 1 aromatic heterocycles. The summed E-state index contributed by atoms with van der Waals surface area (Å²) in [7, 11) is 0. The first-order valence-electron chi connectivity index (χ1n) is 10.4. The standard InChI is InChI=1S/C25H28N4O2/c1-4-28(18-23(30)26-19(2)3)24(31)16-15-21-17-29(22-13-9-6-10-14-22)27-25(21)20-11-7-5-8-12-20/h5-17,19H,4,18H2,1-3H3,(H,26,30)/b16-15+. The molecule has 2 aromatic carbocycles. The summed E-state index contributed by atoms with van der Waals surface area (Å²) in [6.07, 6.45) is 5.17. The van der Waals surface area contributed by atoms with E-state index in [1.54, 1.807) is 10.8 Å². The normalized spacial score (nSPS) is 11.1. The van der Waals surface area contributed by atoms with Crippen molar-refractivity contribution >= 4 is 17.9 Å². The van der Waals surface area contributed by atoms with Gasteiger partial charge in [-0.05, 0) is 39.0 Å². The third-order valence-electron chi connectivity index (χ3n) is 4.69. The van der Waals surface area contributed by atoms with Crippen molar-refractivity contribution in [2.45, 2.75) is 26.8 Å². The van der Waals surface area contributed by atoms with Crippen LogP contribution in [0.1, 0.15) is 26.3 Å². The highest BCUT2D eigenvalue weighted by Crippen LogP contribution is 2.24. The fraction of sp³-hybridized carbons (Fsp3) is 0.240. The topological polar surface area (TPSA) is 67.2 Å². The SMILES string of the molecule is CCN(CC(=O)NC(C)C)C(=O)/C=C/c1cn(-c2ccccc2)nc1-c1ccccc1. The average molecular weight is 417 g/mol. The Morgan fingerprint density at radius 3 is 2.32 bits per heavy atom. The molecule has 0 radical (unpaired) electrons. The Morgan fingerprint density at radius 1 is 1.06 bits per heavy atom. The molecule has 160 valence electrons. The summed E-state index contributed by atoms with van der Waals surface area (Å²) in [4.78, 5) is 26.3. The van der Waals surface area contributed by atoms with Crippen LogP contribution in [0.5, 0.6) is 0 Å². The first-order chi connectivity index (χ1) is 15.0. The monoisotopic (exact) mass is 416 g/mol. The third kappa shape index (κ3) is 5.92. The predicted octanol–water partition coefficient (Wildman–Crippen LogP) is 3.93. The van der Waals surface area contributed by atoms with Gasteiger partial charge in [0.05, 0.1) is 17.9 Å². The van der Waals surface area contributed by atoms with E-state index in [0.717, 1.165) is 22.5 Å². The first-order valence-corrected chi connectivity index (χ1v) is 10.4. The van der Waals surface area contributed by atoms with Crippen LogP contribution in [0.4, 0.5) is 0 Å². The molecule has 0 saturated carbocycles. The van der Waals surface area contributed by atoms with Crippen molar-refractivity contribution in [3.8, 4) is 16.9 Å². The van der Waals surface area contributed by atoms with Crippen LogP contribution < -0.4 is 5.32 Å². The van der Waals surface area contributed by atoms with E-state index in [1.165, 1.54) is 11.0 Å². The quantitative estimate of drug-likeness (QED) is 0.566. The fourth-order valence-corrected chi connectivity index (χ4v) is 3.20. The van der Waals surface area contributed by atoms with Gasteiger partial charge in [0.1, 0.15) is 0 Å². The van der Waals surface area contributed by atoms with E-state index in [1.807, 2.05) is 87.6 Å². The zero-order valence-electron chi connectivity index (χ0n) is 18.2. The second kappa shape index (κ2) is 10.4. The molecule has 3 aromatic rings. The molecule has 0 atom stereocenters. The number of rotatable bonds is 8. The summed E-state index contributed by atoms with van der Waals surface area (Å²) in [6, 6.07) is 19.7. The highest BCUT2D eigenvalue weighted by Gasteiger charge is 2.15. The summed E-state index contributed by atoms with van der Waals surface area (Å²) in [5.74, 6) is -0.381. The zero-order valence-corrected chi connectivity index (χ0v) is 18.2. The second-order valence-electron chi connectivity index (χ2n) is 7.49. The Labute approximate surface area is 183 Å². The third-order valence-corrected chi connectivity index (χ3v) is 4.69. The number of carbonyl (C=O) groups excluding carboxylic acids is 2. The molecule has 0 aliphatic rings. The van der Waals surface area contributed by atoms with Gasteiger partial charge < -0.3 is 10.2 Å². The molecule has 2 amide bonds. The zero-order chi connectivity index (χ0) is 22.2. The number of para-hydroxylation sites is 1. The minimum absolute atomic E-state index is 0.0344. The molecule has 1 heterocycles. The molecule has 6 heteroatoms. The Hall–Kier alpha value is -3.67. The summed E-state index contributed by atoms with van der Waals surface area (Å²) < 4.78 is 1.81. The van der Waals surface area contributed by atoms with Crippen molar-refractivity contribution < 1.29 is 9.59 Å². The number of benzene rings is 2. The predicted molar refractivity (Wildman–Crippen MR) is 124 cm³/mol. The number of nitrogens with zero attached hydrogens (tertiary/aromatic N) is 3. The average Bonchev–Trinajstić information content (AvgIpc) is 3.21. The van der Waals surface area contributed by atoms with E-state index in [0.29, 0.717) is 6.54 Å². The number of likely N-dealkylation sites (N-methyl/N-ethyl adjacent to an activating group) is 1. The summed E-state index contributed by atoms with van der Waals surface area (Å²) in [5, 5.41) is 7.57. The van der Waals surface area contributed by atoms with Crippen LogP contribution >= 0.6 is 0 Å². The number of amides is 2. The van der Waals surface area contributed by atoms with Gasteiger partial charge in [-0.25, -0.2) is 4.68 Å². The summed E-state index contributed by atoms with van der Waals surface area (Å²) >= 11 is 0. The van der Waals surface area contributed by atoms with E-state index < -0.39 is 0 Å². The van der Waals surface area contributed by atoms with Crippen molar-refractivity contribution in [1.82, 2.24) is 20.0 Å². The van der Waals surface area contributed by atoms with Gasteiger partial charge in [0.2, 0.25) is 11.8 Å². The number of carbonyl (C=O) groups is 2. The second-order valence-corrected chi connectivity index (χ2v) is 7.49. The van der Waals surface area contributed by atoms with E-state index in [2.05, 4.69) is 5.32 Å². The maximum absolute atomic E-state index is 12.7. The molecule has 1 N–H and O–H groups in total. The van der Waals surface area contributed by atoms with E-state index >= 15 is 0 Å². The van der Waals surface area contributed by atoms with Crippen LogP contribution in [0.2, 0.25) is 0 Å². The lowest BCUT2D eigenvalue weighted by Crippen LogP contribution is -2.42. The molecule has 0 fully saturated rings. The van der Waals surface area contributed by atoms with Crippen molar-refractivity contribution in [2.75, 3.05) is 13.1 Å². The van der Waals surface area contributed by atoms with Gasteiger partial charge in [0.15, 0.2) is 0 Å². The molecule has 0 aliphatic carbocycles. The maximum atomic E-state index is 12.7. The van der Waals surface area contributed by atoms with Gasteiger partial charge in [-0.1, -0.05) is 48.5 Å². The van der Waals surface area contributed by atoms with Crippen LogP contribution in [-0.2, 0) is 9.59 Å². The molecule has 31 heavy (non-hydrogen) atoms. The molecule has 0 saturated heterocycles. The van der Waals surface area contributed by atoms with Crippen LogP contribution in [-0.4, -0.2) is 45.6 Å². The largest absolute Gasteiger partial charge is 0.352 e. The molecule has 3 rings (SSSR count). The lowest BCUT2D eigenvalue weighted by atomic mass is 10.1. The lowest BCUT2D eigenvalue weighted by molar-refractivity contribution is -0.132. The van der Waals surface area contributed by atoms with Gasteiger partial charge in [0.25, 0.3) is 0 Å². The van der Waals surface area contributed by atoms with Gasteiger partial charge in [0, 0.05) is 36.0 Å². The molecule has 6 nitrogen and oxygen atoms in total. The first kappa shape index (κ1) is 22.0. The Kier molecular flexibility index (Phi) is 7.38. The van der Waals surface area contributed by atoms with Gasteiger partial charge >= 0.3 is 0 Å². The molecular formula is C25H28N4O2. The van der Waals surface area contributed by atoms with E-state index in [4.69, 9.17) is 5.10 Å². The highest BCUT2D eigenvalue weighted by molar-refractivity contribution is 5.95. The van der Waals surface area contributed by atoms with Crippen LogP contribution in [0.3, 0.4) is 0 Å². The van der Waals surface area contributed by atoms with Crippen LogP contribution in [0.15, 0.2) is 72.9 Å². The van der Waals surface area contributed by atoms with Gasteiger partial charge in [-0.3, -0.25) is 9.59 Å². The fourth-order valence-electron chi connectivity index (χ4n) is 3.20. The number of hydrogen-bond donors (Lipinski definition) is 1. The van der Waals surface area contributed by atoms with Crippen molar-refractivity contribution in [1.29, 1.82) is 0 Å².